The van der Waals surface area contributed by atoms with Crippen LogP contribution in [0.4, 0.5) is 17.1 Å². The lowest BCUT2D eigenvalue weighted by Gasteiger charge is -2.26. The molecule has 0 radical (unpaired) electrons. The molecule has 0 amide bonds. The number of halogens is 6. The first-order chi connectivity index (χ1) is 13.7. The summed E-state index contributed by atoms with van der Waals surface area (Å²) in [6.07, 6.45) is 0. The van der Waals surface area contributed by atoms with Gasteiger partial charge < -0.3 is 4.90 Å². The predicted molar refractivity (Wildman–Crippen MR) is 141 cm³/mol. The Bertz CT molecular complexity index is 890. The van der Waals surface area contributed by atoms with Crippen molar-refractivity contribution in [1.29, 1.82) is 0 Å². The van der Waals surface area contributed by atoms with Crippen molar-refractivity contribution in [1.82, 2.24) is 0 Å². The second-order valence-corrected chi connectivity index (χ2v) is 23.3. The topological polar surface area (TPSA) is 3.24 Å². The van der Waals surface area contributed by atoms with E-state index in [0.29, 0.717) is 0 Å². The molecule has 3 rings (SSSR count). The van der Waals surface area contributed by atoms with Crippen LogP contribution in [0.2, 0.25) is 6.55 Å². The van der Waals surface area contributed by atoms with Gasteiger partial charge in [-0.2, -0.15) is 11.1 Å². The number of nitrogens with zero attached hydrogens (tertiary/aromatic N) is 1. The van der Waals surface area contributed by atoms with E-state index in [9.17, 15) is 0 Å². The van der Waals surface area contributed by atoms with Crippen molar-refractivity contribution in [2.75, 3.05) is 4.90 Å². The Morgan fingerprint density at radius 2 is 1.00 bits per heavy atom. The molecule has 3 aromatic rings. The molecular formula is C19H17Cl6NSi3. The fourth-order valence-corrected chi connectivity index (χ4v) is 7.10. The fourth-order valence-electron chi connectivity index (χ4n) is 2.90. The molecule has 0 bridgehead atoms. The molecule has 29 heavy (non-hydrogen) atoms. The molecule has 152 valence electrons. The normalized spacial score (nSPS) is 12.8. The first-order valence-electron chi connectivity index (χ1n) is 8.76. The van der Waals surface area contributed by atoms with Gasteiger partial charge in [0.2, 0.25) is 0 Å². The van der Waals surface area contributed by atoms with Gasteiger partial charge in [-0.15, -0.1) is 55.4 Å². The molecule has 3 aromatic carbocycles. The number of hydrogen-bond donors (Lipinski definition) is 0. The summed E-state index contributed by atoms with van der Waals surface area (Å²) in [7, 11) is -3.28. The summed E-state index contributed by atoms with van der Waals surface area (Å²) in [6.45, 7) is 2.09. The molecule has 0 heterocycles. The molecule has 0 aliphatic rings. The van der Waals surface area contributed by atoms with Crippen molar-refractivity contribution in [2.24, 2.45) is 0 Å². The number of benzene rings is 3. The molecule has 0 aliphatic carbocycles. The zero-order valence-corrected chi connectivity index (χ0v) is 23.1. The quantitative estimate of drug-likeness (QED) is 0.277. The van der Waals surface area contributed by atoms with E-state index in [-0.39, 0.29) is 0 Å². The van der Waals surface area contributed by atoms with Crippen LogP contribution in [0.3, 0.4) is 0 Å². The average molecular weight is 556 g/mol. The standard InChI is InChI=1S/C19H17Cl6NSi3/c1-27(20)17-8-2-14(3-9-17)26(15-4-10-18(11-5-15)28(21)22)16-6-12-19(13-7-16)29(23,24)25/h2-13,27-28H,1H3. The van der Waals surface area contributed by atoms with Gasteiger partial charge in [-0.25, -0.2) is 0 Å². The first-order valence-corrected chi connectivity index (χ1v) is 21.3. The fraction of sp³-hybridized carbons (Fsp3) is 0.0526. The van der Waals surface area contributed by atoms with Crippen molar-refractivity contribution in [3.8, 4) is 0 Å². The molecule has 0 fully saturated rings. The van der Waals surface area contributed by atoms with Crippen molar-refractivity contribution >= 4 is 121 Å². The summed E-state index contributed by atoms with van der Waals surface area (Å²) in [5.41, 5.74) is 2.95. The smallest absolute Gasteiger partial charge is 0.311 e. The molecule has 1 unspecified atom stereocenters. The maximum atomic E-state index is 6.35. The van der Waals surface area contributed by atoms with Crippen LogP contribution in [0.25, 0.3) is 0 Å². The maximum Gasteiger partial charge on any atom is 0.372 e. The van der Waals surface area contributed by atoms with Crippen molar-refractivity contribution in [3.63, 3.8) is 0 Å². The van der Waals surface area contributed by atoms with E-state index in [4.69, 9.17) is 66.5 Å². The van der Waals surface area contributed by atoms with Crippen LogP contribution in [-0.2, 0) is 0 Å². The van der Waals surface area contributed by atoms with Crippen molar-refractivity contribution < 1.29 is 0 Å². The molecule has 0 aromatic heterocycles. The SMILES string of the molecule is C[SiH](Cl)c1ccc(N(c2ccc([SiH](Cl)Cl)cc2)c2ccc([Si](Cl)(Cl)Cl)cc2)cc1. The van der Waals surface area contributed by atoms with Gasteiger partial charge in [0.05, 0.1) is 0 Å². The highest BCUT2D eigenvalue weighted by Gasteiger charge is 2.28. The van der Waals surface area contributed by atoms with Crippen molar-refractivity contribution in [2.45, 2.75) is 6.55 Å². The highest BCUT2D eigenvalue weighted by Crippen LogP contribution is 2.34. The highest BCUT2D eigenvalue weighted by molar-refractivity contribution is 7.69. The average Bonchev–Trinajstić information content (AvgIpc) is 2.69. The lowest BCUT2D eigenvalue weighted by Crippen LogP contribution is -2.29. The van der Waals surface area contributed by atoms with E-state index >= 15 is 0 Å². The Morgan fingerprint density at radius 1 is 0.621 bits per heavy atom. The molecular weight excluding hydrogens is 539 g/mol. The van der Waals surface area contributed by atoms with Crippen LogP contribution < -0.4 is 20.5 Å². The molecule has 1 atom stereocenters. The minimum atomic E-state index is -2.93. The summed E-state index contributed by atoms with van der Waals surface area (Å²) in [5, 5.41) is 2.92. The van der Waals surface area contributed by atoms with Gasteiger partial charge in [-0.3, -0.25) is 0 Å². The Labute approximate surface area is 203 Å². The maximum absolute atomic E-state index is 6.35. The summed E-state index contributed by atoms with van der Waals surface area (Å²) >= 11 is 37.0. The summed E-state index contributed by atoms with van der Waals surface area (Å²) < 4.78 is 0. The monoisotopic (exact) mass is 553 g/mol. The molecule has 10 heteroatoms. The van der Waals surface area contributed by atoms with E-state index in [1.807, 2.05) is 48.5 Å². The summed E-state index contributed by atoms with van der Waals surface area (Å²) in [5.74, 6) is 0. The molecule has 0 saturated carbocycles. The van der Waals surface area contributed by atoms with Crippen molar-refractivity contribution in [3.05, 3.63) is 72.8 Å². The third-order valence-electron chi connectivity index (χ3n) is 4.47. The number of hydrogen-bond acceptors (Lipinski definition) is 1. The van der Waals surface area contributed by atoms with Crippen LogP contribution in [0, 0.1) is 0 Å². The van der Waals surface area contributed by atoms with Gasteiger partial charge in [-0.1, -0.05) is 42.9 Å². The van der Waals surface area contributed by atoms with E-state index in [1.165, 1.54) is 5.19 Å². The molecule has 0 N–H and O–H groups in total. The Balaban J connectivity index is 2.06. The largest absolute Gasteiger partial charge is 0.372 e. The van der Waals surface area contributed by atoms with Gasteiger partial charge in [0.1, 0.15) is 0 Å². The lowest BCUT2D eigenvalue weighted by molar-refractivity contribution is 1.29. The Kier molecular flexibility index (Phi) is 8.09. The Hall–Kier alpha value is -0.149. The number of anilines is 3. The van der Waals surface area contributed by atoms with Gasteiger partial charge in [0.15, 0.2) is 8.11 Å². The van der Waals surface area contributed by atoms with Gasteiger partial charge in [0.25, 0.3) is 7.42 Å². The Morgan fingerprint density at radius 3 is 1.34 bits per heavy atom. The second-order valence-electron chi connectivity index (χ2n) is 6.48. The molecule has 0 spiro atoms. The van der Waals surface area contributed by atoms with E-state index in [2.05, 4.69) is 35.7 Å². The van der Waals surface area contributed by atoms with Crippen LogP contribution in [0.15, 0.2) is 72.8 Å². The zero-order valence-electron chi connectivity index (χ0n) is 15.3. The lowest BCUT2D eigenvalue weighted by atomic mass is 10.2. The molecule has 0 saturated heterocycles. The van der Waals surface area contributed by atoms with E-state index in [1.54, 1.807) is 0 Å². The highest BCUT2D eigenvalue weighted by atomic mass is 35.8. The van der Waals surface area contributed by atoms with Crippen LogP contribution >= 0.6 is 66.5 Å². The van der Waals surface area contributed by atoms with Crippen LogP contribution in [0.1, 0.15) is 0 Å². The minimum absolute atomic E-state index is 0.747. The van der Waals surface area contributed by atoms with E-state index < -0.39 is 21.5 Å². The summed E-state index contributed by atoms with van der Waals surface area (Å²) in [6, 6.07) is 21.1. The molecule has 1 nitrogen and oxygen atoms in total. The number of rotatable bonds is 6. The second kappa shape index (κ2) is 9.98. The van der Waals surface area contributed by atoms with Gasteiger partial charge in [0, 0.05) is 17.1 Å². The zero-order chi connectivity index (χ0) is 21.2. The van der Waals surface area contributed by atoms with E-state index in [0.717, 1.165) is 27.4 Å². The van der Waals surface area contributed by atoms with Gasteiger partial charge in [-0.05, 0) is 52.0 Å². The predicted octanol–water partition coefficient (Wildman–Crippen LogP) is 5.72. The van der Waals surface area contributed by atoms with Gasteiger partial charge >= 0.3 is 6.00 Å². The third-order valence-corrected chi connectivity index (χ3v) is 11.9. The minimum Gasteiger partial charge on any atom is -0.311 e. The first kappa shape index (κ1) is 23.5. The molecule has 0 aliphatic heterocycles. The summed E-state index contributed by atoms with van der Waals surface area (Å²) in [4.78, 5) is 2.14. The third kappa shape index (κ3) is 5.97. The van der Waals surface area contributed by atoms with Crippen LogP contribution in [0.5, 0.6) is 0 Å². The van der Waals surface area contributed by atoms with Crippen LogP contribution in [-0.4, -0.2) is 21.5 Å².